The fourth-order valence-corrected chi connectivity index (χ4v) is 4.93. The van der Waals surface area contributed by atoms with E-state index in [2.05, 4.69) is 25.8 Å². The van der Waals surface area contributed by atoms with Crippen LogP contribution in [0.2, 0.25) is 10.0 Å². The molecule has 2 saturated heterocycles. The first-order valence-corrected chi connectivity index (χ1v) is 12.7. The van der Waals surface area contributed by atoms with E-state index in [0.717, 1.165) is 31.6 Å². The maximum absolute atomic E-state index is 12.9. The van der Waals surface area contributed by atoms with Crippen molar-refractivity contribution in [3.8, 4) is 0 Å². The standard InChI is InChI=1S/C25H29Cl2N5O4/c1-2-36-25(35)21(31-23(33)20-11-17(12-29-20)32-8-3-9-32)10-15-4-6-16(7-5-15)30-24(34)22-18(26)13-28-14-19(22)27/h4-7,13-14,17,20-21,29H,2-3,8-12H2,1H3,(H,30,34)(H,31,33)/t17-,20+,21+/m1/s1. The van der Waals surface area contributed by atoms with Crippen molar-refractivity contribution in [2.75, 3.05) is 31.6 Å². The van der Waals surface area contributed by atoms with Gasteiger partial charge < -0.3 is 20.7 Å². The number of amides is 2. The number of esters is 1. The van der Waals surface area contributed by atoms with Crippen molar-refractivity contribution in [2.45, 2.75) is 44.3 Å². The summed E-state index contributed by atoms with van der Waals surface area (Å²) in [7, 11) is 0. The SMILES string of the molecule is CCOC(=O)[C@H](Cc1ccc(NC(=O)c2c(Cl)cncc2Cl)cc1)NC(=O)[C@@H]1C[C@@H](N2CCC2)CN1. The number of halogens is 2. The number of carbonyl (C=O) groups is 3. The highest BCUT2D eigenvalue weighted by molar-refractivity contribution is 6.40. The van der Waals surface area contributed by atoms with E-state index in [0.29, 0.717) is 11.7 Å². The topological polar surface area (TPSA) is 113 Å². The second-order valence-electron chi connectivity index (χ2n) is 8.89. The molecule has 3 N–H and O–H groups in total. The number of hydrogen-bond donors (Lipinski definition) is 3. The Bertz CT molecular complexity index is 1090. The summed E-state index contributed by atoms with van der Waals surface area (Å²) in [5.41, 5.74) is 1.46. The minimum absolute atomic E-state index is 0.138. The molecule has 0 unspecified atom stereocenters. The van der Waals surface area contributed by atoms with Gasteiger partial charge in [0, 0.05) is 37.1 Å². The number of anilines is 1. The monoisotopic (exact) mass is 533 g/mol. The Labute approximate surface area is 219 Å². The molecular weight excluding hydrogens is 505 g/mol. The lowest BCUT2D eigenvalue weighted by Gasteiger charge is -2.36. The molecule has 0 radical (unpaired) electrons. The highest BCUT2D eigenvalue weighted by atomic mass is 35.5. The molecule has 0 spiro atoms. The third-order valence-corrected chi connectivity index (χ3v) is 7.02. The summed E-state index contributed by atoms with van der Waals surface area (Å²) in [5, 5.41) is 9.19. The molecule has 3 heterocycles. The van der Waals surface area contributed by atoms with Gasteiger partial charge in [-0.25, -0.2) is 4.79 Å². The minimum atomic E-state index is -0.822. The van der Waals surface area contributed by atoms with E-state index in [-0.39, 0.29) is 40.6 Å². The second kappa shape index (κ2) is 12.0. The van der Waals surface area contributed by atoms with E-state index in [1.54, 1.807) is 31.2 Å². The van der Waals surface area contributed by atoms with Crippen LogP contribution in [0.15, 0.2) is 36.7 Å². The van der Waals surface area contributed by atoms with Crippen LogP contribution >= 0.6 is 23.2 Å². The summed E-state index contributed by atoms with van der Waals surface area (Å²) in [6.45, 7) is 4.86. The van der Waals surface area contributed by atoms with E-state index in [4.69, 9.17) is 27.9 Å². The predicted octanol–water partition coefficient (Wildman–Crippen LogP) is 2.67. The highest BCUT2D eigenvalue weighted by Crippen LogP contribution is 2.24. The second-order valence-corrected chi connectivity index (χ2v) is 9.70. The molecular formula is C25H29Cl2N5O4. The normalized spacial score (nSPS) is 20.3. The van der Waals surface area contributed by atoms with Crippen molar-refractivity contribution >= 4 is 46.7 Å². The molecule has 2 amide bonds. The maximum atomic E-state index is 12.9. The van der Waals surface area contributed by atoms with Gasteiger partial charge in [0.15, 0.2) is 0 Å². The van der Waals surface area contributed by atoms with E-state index < -0.39 is 17.9 Å². The zero-order valence-electron chi connectivity index (χ0n) is 19.9. The average molecular weight is 534 g/mol. The van der Waals surface area contributed by atoms with Crippen LogP contribution in [-0.2, 0) is 20.7 Å². The van der Waals surface area contributed by atoms with Gasteiger partial charge in [0.1, 0.15) is 6.04 Å². The molecule has 1 aromatic carbocycles. The van der Waals surface area contributed by atoms with Crippen molar-refractivity contribution in [1.82, 2.24) is 20.5 Å². The number of rotatable bonds is 9. The number of benzene rings is 1. The molecule has 4 rings (SSSR count). The molecule has 1 aromatic heterocycles. The Kier molecular flexibility index (Phi) is 8.79. The van der Waals surface area contributed by atoms with Crippen molar-refractivity contribution < 1.29 is 19.1 Å². The van der Waals surface area contributed by atoms with Crippen LogP contribution in [0.3, 0.4) is 0 Å². The third kappa shape index (κ3) is 6.34. The molecule has 0 saturated carbocycles. The lowest BCUT2D eigenvalue weighted by molar-refractivity contribution is -0.147. The first kappa shape index (κ1) is 26.3. The number of ether oxygens (including phenoxy) is 1. The average Bonchev–Trinajstić information content (AvgIpc) is 3.28. The van der Waals surface area contributed by atoms with Crippen LogP contribution in [0.1, 0.15) is 35.7 Å². The Morgan fingerprint density at radius 2 is 1.86 bits per heavy atom. The number of carbonyl (C=O) groups excluding carboxylic acids is 3. The fraction of sp³-hybridized carbons (Fsp3) is 0.440. The fourth-order valence-electron chi connectivity index (χ4n) is 4.39. The molecule has 11 heteroatoms. The van der Waals surface area contributed by atoms with Crippen LogP contribution in [-0.4, -0.2) is 72.0 Å². The number of pyridine rings is 1. The summed E-state index contributed by atoms with van der Waals surface area (Å²) < 4.78 is 5.20. The number of aromatic nitrogens is 1. The van der Waals surface area contributed by atoms with E-state index in [1.807, 2.05) is 0 Å². The van der Waals surface area contributed by atoms with Crippen LogP contribution in [0.25, 0.3) is 0 Å². The van der Waals surface area contributed by atoms with Gasteiger partial charge in [-0.05, 0) is 50.6 Å². The van der Waals surface area contributed by atoms with Crippen LogP contribution in [0, 0.1) is 0 Å². The third-order valence-electron chi connectivity index (χ3n) is 6.45. The van der Waals surface area contributed by atoms with Gasteiger partial charge >= 0.3 is 5.97 Å². The van der Waals surface area contributed by atoms with E-state index in [1.165, 1.54) is 18.8 Å². The van der Waals surface area contributed by atoms with Crippen LogP contribution < -0.4 is 16.0 Å². The Hall–Kier alpha value is -2.72. The summed E-state index contributed by atoms with van der Waals surface area (Å²) in [6.07, 6.45) is 4.87. The maximum Gasteiger partial charge on any atom is 0.328 e. The molecule has 2 aromatic rings. The van der Waals surface area contributed by atoms with Gasteiger partial charge in [0.2, 0.25) is 5.91 Å². The molecule has 2 aliphatic heterocycles. The lowest BCUT2D eigenvalue weighted by Crippen LogP contribution is -2.49. The first-order valence-electron chi connectivity index (χ1n) is 12.0. The number of hydrogen-bond acceptors (Lipinski definition) is 7. The minimum Gasteiger partial charge on any atom is -0.464 e. The summed E-state index contributed by atoms with van der Waals surface area (Å²) >= 11 is 12.1. The van der Waals surface area contributed by atoms with Gasteiger partial charge in [-0.2, -0.15) is 0 Å². The smallest absolute Gasteiger partial charge is 0.328 e. The zero-order chi connectivity index (χ0) is 25.7. The van der Waals surface area contributed by atoms with Gasteiger partial charge in [-0.1, -0.05) is 35.3 Å². The Balaban J connectivity index is 1.37. The summed E-state index contributed by atoms with van der Waals surface area (Å²) in [6, 6.07) is 6.16. The number of nitrogens with one attached hydrogen (secondary N) is 3. The van der Waals surface area contributed by atoms with E-state index in [9.17, 15) is 14.4 Å². The van der Waals surface area contributed by atoms with Gasteiger partial charge in [-0.3, -0.25) is 19.5 Å². The number of nitrogens with zero attached hydrogens (tertiary/aromatic N) is 2. The molecule has 2 fully saturated rings. The molecule has 9 nitrogen and oxygen atoms in total. The largest absolute Gasteiger partial charge is 0.464 e. The molecule has 3 atom stereocenters. The van der Waals surface area contributed by atoms with Gasteiger partial charge in [-0.15, -0.1) is 0 Å². The first-order chi connectivity index (χ1) is 17.4. The molecule has 192 valence electrons. The lowest BCUT2D eigenvalue weighted by atomic mass is 10.0. The summed E-state index contributed by atoms with van der Waals surface area (Å²) in [5.74, 6) is -1.15. The van der Waals surface area contributed by atoms with Gasteiger partial charge in [0.25, 0.3) is 5.91 Å². The highest BCUT2D eigenvalue weighted by Gasteiger charge is 2.36. The zero-order valence-corrected chi connectivity index (χ0v) is 21.4. The van der Waals surface area contributed by atoms with Crippen molar-refractivity contribution in [3.05, 3.63) is 57.8 Å². The quantitative estimate of drug-likeness (QED) is 0.424. The number of likely N-dealkylation sites (tertiary alicyclic amines) is 1. The van der Waals surface area contributed by atoms with Crippen LogP contribution in [0.5, 0.6) is 0 Å². The van der Waals surface area contributed by atoms with Crippen molar-refractivity contribution in [2.24, 2.45) is 0 Å². The van der Waals surface area contributed by atoms with Crippen molar-refractivity contribution in [3.63, 3.8) is 0 Å². The Morgan fingerprint density at radius 3 is 2.47 bits per heavy atom. The molecule has 36 heavy (non-hydrogen) atoms. The Morgan fingerprint density at radius 1 is 1.17 bits per heavy atom. The predicted molar refractivity (Wildman–Crippen MR) is 137 cm³/mol. The van der Waals surface area contributed by atoms with Gasteiger partial charge in [0.05, 0.1) is 28.3 Å². The van der Waals surface area contributed by atoms with E-state index >= 15 is 0 Å². The molecule has 2 aliphatic rings. The summed E-state index contributed by atoms with van der Waals surface area (Å²) in [4.78, 5) is 44.3. The van der Waals surface area contributed by atoms with Crippen LogP contribution in [0.4, 0.5) is 5.69 Å². The molecule has 0 aliphatic carbocycles. The molecule has 0 bridgehead atoms. The van der Waals surface area contributed by atoms with Crippen molar-refractivity contribution in [1.29, 1.82) is 0 Å².